The van der Waals surface area contributed by atoms with Gasteiger partial charge in [0.25, 0.3) is 0 Å². The van der Waals surface area contributed by atoms with Crippen LogP contribution in [0, 0.1) is 0 Å². The van der Waals surface area contributed by atoms with Gasteiger partial charge in [-0.3, -0.25) is 0 Å². The number of rotatable bonds is 1. The number of hydrogen-bond donors (Lipinski definition) is 1. The largest absolute Gasteiger partial charge is 0.384 e. The summed E-state index contributed by atoms with van der Waals surface area (Å²) in [5.41, 5.74) is 2.42. The molecule has 1 aliphatic rings. The molecule has 0 heterocycles. The van der Waals surface area contributed by atoms with Crippen LogP contribution in [0.4, 0.5) is 0 Å². The van der Waals surface area contributed by atoms with E-state index in [0.717, 1.165) is 5.56 Å². The molecule has 1 nitrogen and oxygen atoms in total. The fourth-order valence-electron chi connectivity index (χ4n) is 2.62. The van der Waals surface area contributed by atoms with E-state index in [4.69, 9.17) is 11.6 Å². The molecular formula is C15H13ClO. The van der Waals surface area contributed by atoms with E-state index in [1.807, 2.05) is 36.4 Å². The normalized spacial score (nSPS) is 16.8. The molecule has 1 N–H and O–H groups in total. The smallest absolute Gasteiger partial charge is 0.0991 e. The minimum absolute atomic E-state index is 0.641. The first-order chi connectivity index (χ1) is 8.19. The van der Waals surface area contributed by atoms with Crippen molar-refractivity contribution in [2.24, 2.45) is 0 Å². The molecule has 0 atom stereocenters. The molecule has 86 valence electrons. The van der Waals surface area contributed by atoms with Gasteiger partial charge in [0.1, 0.15) is 0 Å². The summed E-state index contributed by atoms with van der Waals surface area (Å²) < 4.78 is 0. The van der Waals surface area contributed by atoms with Crippen molar-refractivity contribution in [1.29, 1.82) is 0 Å². The molecule has 1 aliphatic carbocycles. The van der Waals surface area contributed by atoms with Crippen LogP contribution in [0.5, 0.6) is 0 Å². The lowest BCUT2D eigenvalue weighted by molar-refractivity contribution is 0.0483. The summed E-state index contributed by atoms with van der Waals surface area (Å²) in [6.07, 6.45) is 1.29. The van der Waals surface area contributed by atoms with Crippen molar-refractivity contribution < 1.29 is 5.11 Å². The minimum atomic E-state index is -0.845. The van der Waals surface area contributed by atoms with Gasteiger partial charge in [-0.05, 0) is 17.2 Å². The van der Waals surface area contributed by atoms with Gasteiger partial charge in [-0.25, -0.2) is 0 Å². The summed E-state index contributed by atoms with van der Waals surface area (Å²) in [6.45, 7) is 0. The van der Waals surface area contributed by atoms with Crippen molar-refractivity contribution in [3.8, 4) is 0 Å². The van der Waals surface area contributed by atoms with Crippen molar-refractivity contribution in [3.63, 3.8) is 0 Å². The van der Waals surface area contributed by atoms with Gasteiger partial charge >= 0.3 is 0 Å². The standard InChI is InChI=1S/C15H13ClO/c16-14-8-4-3-7-13(14)15(17)9-11-5-1-2-6-12(11)10-15/h1-8,17H,9-10H2. The van der Waals surface area contributed by atoms with E-state index in [9.17, 15) is 5.11 Å². The van der Waals surface area contributed by atoms with Crippen molar-refractivity contribution >= 4 is 11.6 Å². The van der Waals surface area contributed by atoms with Crippen LogP contribution in [-0.4, -0.2) is 5.11 Å². The summed E-state index contributed by atoms with van der Waals surface area (Å²) in [7, 11) is 0. The Balaban J connectivity index is 2.05. The van der Waals surface area contributed by atoms with E-state index in [2.05, 4.69) is 12.1 Å². The highest BCUT2D eigenvalue weighted by Crippen LogP contribution is 2.40. The minimum Gasteiger partial charge on any atom is -0.384 e. The topological polar surface area (TPSA) is 20.2 Å². The van der Waals surface area contributed by atoms with Crippen LogP contribution in [0.3, 0.4) is 0 Å². The molecule has 0 saturated heterocycles. The summed E-state index contributed by atoms with van der Waals surface area (Å²) in [5.74, 6) is 0. The van der Waals surface area contributed by atoms with Crippen LogP contribution < -0.4 is 0 Å². The van der Waals surface area contributed by atoms with Gasteiger partial charge in [0, 0.05) is 23.4 Å². The third-order valence-electron chi connectivity index (χ3n) is 3.46. The number of halogens is 1. The van der Waals surface area contributed by atoms with Crippen LogP contribution >= 0.6 is 11.6 Å². The van der Waals surface area contributed by atoms with Gasteiger partial charge in [-0.1, -0.05) is 54.1 Å². The Hall–Kier alpha value is -1.31. The number of hydrogen-bond acceptors (Lipinski definition) is 1. The second kappa shape index (κ2) is 3.86. The molecular weight excluding hydrogens is 232 g/mol. The van der Waals surface area contributed by atoms with Gasteiger partial charge in [0.05, 0.1) is 5.60 Å². The monoisotopic (exact) mass is 244 g/mol. The zero-order chi connectivity index (χ0) is 11.9. The van der Waals surface area contributed by atoms with Crippen LogP contribution in [0.2, 0.25) is 5.02 Å². The maximum absolute atomic E-state index is 10.8. The van der Waals surface area contributed by atoms with E-state index in [1.54, 1.807) is 0 Å². The van der Waals surface area contributed by atoms with E-state index in [1.165, 1.54) is 11.1 Å². The molecule has 2 heteroatoms. The first-order valence-electron chi connectivity index (χ1n) is 5.73. The zero-order valence-electron chi connectivity index (χ0n) is 9.36. The summed E-state index contributed by atoms with van der Waals surface area (Å²) in [4.78, 5) is 0. The fourth-order valence-corrected chi connectivity index (χ4v) is 2.94. The molecule has 0 amide bonds. The van der Waals surface area contributed by atoms with Gasteiger partial charge in [-0.15, -0.1) is 0 Å². The Morgan fingerprint density at radius 3 is 2.00 bits per heavy atom. The summed E-state index contributed by atoms with van der Waals surface area (Å²) in [5, 5.41) is 11.4. The molecule has 0 fully saturated rings. The molecule has 3 rings (SSSR count). The molecule has 0 aromatic heterocycles. The fraction of sp³-hybridized carbons (Fsp3) is 0.200. The predicted molar refractivity (Wildman–Crippen MR) is 69.2 cm³/mol. The van der Waals surface area contributed by atoms with Gasteiger partial charge in [0.15, 0.2) is 0 Å². The second-order valence-corrected chi connectivity index (χ2v) is 5.04. The molecule has 0 spiro atoms. The van der Waals surface area contributed by atoms with Crippen LogP contribution in [0.25, 0.3) is 0 Å². The highest BCUT2D eigenvalue weighted by atomic mass is 35.5. The Morgan fingerprint density at radius 1 is 0.882 bits per heavy atom. The highest BCUT2D eigenvalue weighted by molar-refractivity contribution is 6.31. The quantitative estimate of drug-likeness (QED) is 0.816. The zero-order valence-corrected chi connectivity index (χ0v) is 10.1. The SMILES string of the molecule is OC1(c2ccccc2Cl)Cc2ccccc2C1. The Bertz CT molecular complexity index is 537. The number of aliphatic hydroxyl groups is 1. The van der Waals surface area contributed by atoms with Crippen LogP contribution in [0.1, 0.15) is 16.7 Å². The van der Waals surface area contributed by atoms with E-state index in [-0.39, 0.29) is 0 Å². The molecule has 17 heavy (non-hydrogen) atoms. The Kier molecular flexibility index (Phi) is 2.46. The summed E-state index contributed by atoms with van der Waals surface area (Å²) >= 11 is 6.18. The molecule has 0 saturated carbocycles. The van der Waals surface area contributed by atoms with E-state index in [0.29, 0.717) is 17.9 Å². The van der Waals surface area contributed by atoms with Crippen molar-refractivity contribution in [1.82, 2.24) is 0 Å². The average Bonchev–Trinajstić information content (AvgIpc) is 2.66. The Morgan fingerprint density at radius 2 is 1.41 bits per heavy atom. The van der Waals surface area contributed by atoms with E-state index < -0.39 is 5.60 Å². The first kappa shape index (κ1) is 10.8. The maximum Gasteiger partial charge on any atom is 0.0991 e. The van der Waals surface area contributed by atoms with Gasteiger partial charge < -0.3 is 5.11 Å². The lowest BCUT2D eigenvalue weighted by Crippen LogP contribution is -2.26. The van der Waals surface area contributed by atoms with Crippen molar-refractivity contribution in [3.05, 3.63) is 70.2 Å². The van der Waals surface area contributed by atoms with Gasteiger partial charge in [0.2, 0.25) is 0 Å². The van der Waals surface area contributed by atoms with Gasteiger partial charge in [-0.2, -0.15) is 0 Å². The third kappa shape index (κ3) is 1.76. The summed E-state index contributed by atoms with van der Waals surface area (Å²) in [6, 6.07) is 15.7. The van der Waals surface area contributed by atoms with Crippen molar-refractivity contribution in [2.75, 3.05) is 0 Å². The second-order valence-electron chi connectivity index (χ2n) is 4.63. The predicted octanol–water partition coefficient (Wildman–Crippen LogP) is 3.33. The first-order valence-corrected chi connectivity index (χ1v) is 6.11. The van der Waals surface area contributed by atoms with Crippen molar-refractivity contribution in [2.45, 2.75) is 18.4 Å². The highest BCUT2D eigenvalue weighted by Gasteiger charge is 2.37. The van der Waals surface area contributed by atoms with E-state index >= 15 is 0 Å². The van der Waals surface area contributed by atoms with Crippen LogP contribution in [-0.2, 0) is 18.4 Å². The molecule has 0 unspecified atom stereocenters. The number of fused-ring (bicyclic) bond motifs is 1. The molecule has 2 aromatic rings. The maximum atomic E-state index is 10.8. The molecule has 0 radical (unpaired) electrons. The van der Waals surface area contributed by atoms with Crippen LogP contribution in [0.15, 0.2) is 48.5 Å². The number of benzene rings is 2. The molecule has 2 aromatic carbocycles. The average molecular weight is 245 g/mol. The lowest BCUT2D eigenvalue weighted by Gasteiger charge is -2.23. The Labute approximate surface area is 106 Å². The third-order valence-corrected chi connectivity index (χ3v) is 3.79. The lowest BCUT2D eigenvalue weighted by atomic mass is 9.91. The molecule has 0 bridgehead atoms. The molecule has 0 aliphatic heterocycles.